The molecule has 2 aliphatic heterocycles. The summed E-state index contributed by atoms with van der Waals surface area (Å²) in [5, 5.41) is 5.84. The van der Waals surface area contributed by atoms with Gasteiger partial charge in [0, 0.05) is 29.3 Å². The second-order valence-electron chi connectivity index (χ2n) is 9.12. The predicted octanol–water partition coefficient (Wildman–Crippen LogP) is 4.68. The zero-order valence-electron chi connectivity index (χ0n) is 19.1. The van der Waals surface area contributed by atoms with E-state index in [0.29, 0.717) is 35.9 Å². The van der Waals surface area contributed by atoms with Gasteiger partial charge in [-0.05, 0) is 42.8 Å². The average Bonchev–Trinajstić information content (AvgIpc) is 3.23. The Morgan fingerprint density at radius 2 is 1.94 bits per heavy atom. The molecule has 4 heterocycles. The van der Waals surface area contributed by atoms with Crippen molar-refractivity contribution in [2.45, 2.75) is 30.9 Å². The van der Waals surface area contributed by atoms with Gasteiger partial charge in [-0.1, -0.05) is 30.3 Å². The number of hydrogen-bond acceptors (Lipinski definition) is 6. The standard InChI is InChI=1S/C28H21N3O5/c32-23-11-7-17-21(12-13-29-27(17)30-23)34-16-6-8-20-18(14-16)24-25(26(24)36-20)31-28(33)22-10-9-19(35-22)15-4-2-1-3-5-15/h1-6,8-10,12-14,24-26H,7,11H2,(H,31,33)(H,29,30,32). The summed E-state index contributed by atoms with van der Waals surface area (Å²) in [4.78, 5) is 28.8. The third kappa shape index (κ3) is 3.50. The molecular formula is C28H21N3O5. The van der Waals surface area contributed by atoms with Crippen LogP contribution in [0.15, 0.2) is 77.3 Å². The lowest BCUT2D eigenvalue weighted by Crippen LogP contribution is -2.29. The van der Waals surface area contributed by atoms with Crippen LogP contribution in [-0.4, -0.2) is 28.9 Å². The Morgan fingerprint density at radius 1 is 1.06 bits per heavy atom. The number of pyridine rings is 1. The smallest absolute Gasteiger partial charge is 0.287 e. The van der Waals surface area contributed by atoms with Gasteiger partial charge in [0.15, 0.2) is 5.76 Å². The van der Waals surface area contributed by atoms with Gasteiger partial charge >= 0.3 is 0 Å². The maximum absolute atomic E-state index is 12.8. The number of aromatic nitrogens is 1. The van der Waals surface area contributed by atoms with Crippen LogP contribution in [0.5, 0.6) is 17.2 Å². The predicted molar refractivity (Wildman–Crippen MR) is 130 cm³/mol. The lowest BCUT2D eigenvalue weighted by atomic mass is 10.1. The van der Waals surface area contributed by atoms with Gasteiger partial charge in [-0.2, -0.15) is 0 Å². The lowest BCUT2D eigenvalue weighted by Gasteiger charge is -2.19. The second kappa shape index (κ2) is 7.98. The summed E-state index contributed by atoms with van der Waals surface area (Å²) in [6.45, 7) is 0. The molecule has 8 nitrogen and oxygen atoms in total. The molecule has 2 aromatic carbocycles. The van der Waals surface area contributed by atoms with Crippen LogP contribution in [0, 0.1) is 0 Å². The van der Waals surface area contributed by atoms with Crippen LogP contribution in [0.4, 0.5) is 5.82 Å². The molecule has 3 atom stereocenters. The first-order valence-electron chi connectivity index (χ1n) is 11.9. The summed E-state index contributed by atoms with van der Waals surface area (Å²) >= 11 is 0. The molecule has 1 fully saturated rings. The SMILES string of the molecule is O=C1CCc2c(Oc3ccc4c(c3)C3C(NC(=O)c5ccc(-c6ccccc6)o5)C3O4)ccnc2N1. The van der Waals surface area contributed by atoms with Crippen molar-refractivity contribution in [3.05, 3.63) is 89.8 Å². The van der Waals surface area contributed by atoms with E-state index in [-0.39, 0.29) is 35.6 Å². The molecule has 1 saturated carbocycles. The van der Waals surface area contributed by atoms with Crippen molar-refractivity contribution in [3.8, 4) is 28.6 Å². The minimum absolute atomic E-state index is 0.0412. The molecule has 0 spiro atoms. The van der Waals surface area contributed by atoms with Crippen molar-refractivity contribution in [3.63, 3.8) is 0 Å². The van der Waals surface area contributed by atoms with E-state index in [1.54, 1.807) is 24.4 Å². The Kier molecular flexibility index (Phi) is 4.60. The van der Waals surface area contributed by atoms with Crippen molar-refractivity contribution in [1.82, 2.24) is 10.3 Å². The van der Waals surface area contributed by atoms with E-state index in [1.165, 1.54) is 0 Å². The van der Waals surface area contributed by atoms with E-state index in [4.69, 9.17) is 13.9 Å². The fourth-order valence-corrected chi connectivity index (χ4v) is 5.00. The largest absolute Gasteiger partial charge is 0.487 e. The first-order valence-corrected chi connectivity index (χ1v) is 11.9. The zero-order chi connectivity index (χ0) is 24.2. The van der Waals surface area contributed by atoms with E-state index in [1.807, 2.05) is 48.5 Å². The van der Waals surface area contributed by atoms with Crippen molar-refractivity contribution < 1.29 is 23.5 Å². The quantitative estimate of drug-likeness (QED) is 0.431. The highest BCUT2D eigenvalue weighted by molar-refractivity contribution is 5.93. The summed E-state index contributed by atoms with van der Waals surface area (Å²) in [6, 6.07) is 20.5. The lowest BCUT2D eigenvalue weighted by molar-refractivity contribution is -0.116. The summed E-state index contributed by atoms with van der Waals surface area (Å²) in [6.07, 6.45) is 2.50. The highest BCUT2D eigenvalue weighted by Crippen LogP contribution is 2.54. The molecule has 4 aromatic rings. The molecule has 178 valence electrons. The molecule has 2 aromatic heterocycles. The van der Waals surface area contributed by atoms with Gasteiger partial charge in [-0.25, -0.2) is 4.98 Å². The molecule has 0 bridgehead atoms. The normalized spacial score (nSPS) is 20.9. The summed E-state index contributed by atoms with van der Waals surface area (Å²) in [5.41, 5.74) is 2.81. The van der Waals surface area contributed by atoms with Gasteiger partial charge in [0.1, 0.15) is 34.9 Å². The zero-order valence-corrected chi connectivity index (χ0v) is 19.1. The molecule has 2 N–H and O–H groups in total. The number of anilines is 1. The minimum Gasteiger partial charge on any atom is -0.487 e. The fourth-order valence-electron chi connectivity index (χ4n) is 5.00. The Morgan fingerprint density at radius 3 is 2.83 bits per heavy atom. The molecule has 8 heteroatoms. The summed E-state index contributed by atoms with van der Waals surface area (Å²) < 4.78 is 18.0. The molecule has 2 amide bonds. The van der Waals surface area contributed by atoms with Gasteiger partial charge in [0.2, 0.25) is 5.91 Å². The third-order valence-corrected chi connectivity index (χ3v) is 6.84. The van der Waals surface area contributed by atoms with E-state index >= 15 is 0 Å². The number of ether oxygens (including phenoxy) is 2. The van der Waals surface area contributed by atoms with E-state index in [0.717, 1.165) is 22.4 Å². The van der Waals surface area contributed by atoms with Crippen LogP contribution in [0.1, 0.15) is 34.0 Å². The summed E-state index contributed by atoms with van der Waals surface area (Å²) in [5.74, 6) is 3.36. The number of rotatable bonds is 5. The Hall–Kier alpha value is -4.59. The van der Waals surface area contributed by atoms with E-state index in [9.17, 15) is 9.59 Å². The number of carbonyl (C=O) groups is 2. The Bertz CT molecular complexity index is 1510. The van der Waals surface area contributed by atoms with Crippen molar-refractivity contribution >= 4 is 17.6 Å². The number of fused-ring (bicyclic) bond motifs is 4. The molecule has 1 aliphatic carbocycles. The average molecular weight is 479 g/mol. The molecule has 36 heavy (non-hydrogen) atoms. The van der Waals surface area contributed by atoms with Crippen molar-refractivity contribution in [2.24, 2.45) is 0 Å². The molecule has 0 radical (unpaired) electrons. The number of amides is 2. The fraction of sp³-hybridized carbons (Fsp3) is 0.179. The van der Waals surface area contributed by atoms with Gasteiger partial charge < -0.3 is 24.5 Å². The van der Waals surface area contributed by atoms with Gasteiger partial charge in [-0.3, -0.25) is 9.59 Å². The van der Waals surface area contributed by atoms with E-state index in [2.05, 4.69) is 15.6 Å². The van der Waals surface area contributed by atoms with Gasteiger partial charge in [0.25, 0.3) is 5.91 Å². The van der Waals surface area contributed by atoms with Crippen molar-refractivity contribution in [2.75, 3.05) is 5.32 Å². The number of benzene rings is 2. The van der Waals surface area contributed by atoms with Gasteiger partial charge in [-0.15, -0.1) is 0 Å². The highest BCUT2D eigenvalue weighted by atomic mass is 16.5. The minimum atomic E-state index is -0.264. The van der Waals surface area contributed by atoms with Crippen molar-refractivity contribution in [1.29, 1.82) is 0 Å². The number of furan rings is 1. The topological polar surface area (TPSA) is 103 Å². The highest BCUT2D eigenvalue weighted by Gasteiger charge is 2.60. The first kappa shape index (κ1) is 20.8. The first-order chi connectivity index (χ1) is 17.6. The third-order valence-electron chi connectivity index (χ3n) is 6.84. The number of nitrogens with zero attached hydrogens (tertiary/aromatic N) is 1. The van der Waals surface area contributed by atoms with Crippen LogP contribution >= 0.6 is 0 Å². The molecule has 7 rings (SSSR count). The van der Waals surface area contributed by atoms with Crippen LogP contribution in [0.2, 0.25) is 0 Å². The molecule has 3 unspecified atom stereocenters. The van der Waals surface area contributed by atoms with Crippen LogP contribution in [-0.2, 0) is 11.2 Å². The van der Waals surface area contributed by atoms with Gasteiger partial charge in [0.05, 0.1) is 12.0 Å². The Labute approximate surface area is 206 Å². The summed E-state index contributed by atoms with van der Waals surface area (Å²) in [7, 11) is 0. The number of carbonyl (C=O) groups excluding carboxylic acids is 2. The maximum Gasteiger partial charge on any atom is 0.287 e. The molecule has 0 saturated heterocycles. The van der Waals surface area contributed by atoms with E-state index < -0.39 is 0 Å². The maximum atomic E-state index is 12.8. The van der Waals surface area contributed by atoms with Crippen LogP contribution in [0.25, 0.3) is 11.3 Å². The second-order valence-corrected chi connectivity index (χ2v) is 9.12. The molecule has 3 aliphatic rings. The number of hydrogen-bond donors (Lipinski definition) is 2. The monoisotopic (exact) mass is 479 g/mol. The van der Waals surface area contributed by atoms with Crippen LogP contribution < -0.4 is 20.1 Å². The van der Waals surface area contributed by atoms with Crippen LogP contribution in [0.3, 0.4) is 0 Å². The number of nitrogens with one attached hydrogen (secondary N) is 2. The Balaban J connectivity index is 1.06. The molecular weight excluding hydrogens is 458 g/mol.